The molecule has 20 heteroatoms. The van der Waals surface area contributed by atoms with E-state index in [1.54, 1.807) is 42.7 Å². The molecule has 1 saturated heterocycles. The SMILES string of the molecule is CC(=O)N[C@H]1CCC(=O)NCCC[C@@H](C)NC(=O)[C@H](Cc2c[nH]c3ccccc23)NC(=O)[C@H](CCCNC(=N)N)NC(=O)[C@@H](Cc2ccccc2)NC(=O)[C@H](Cc2c[nH]cn2)NC1=O. The van der Waals surface area contributed by atoms with Crippen molar-refractivity contribution in [2.45, 2.75) is 108 Å². The molecule has 342 valence electrons. The lowest BCUT2D eigenvalue weighted by Gasteiger charge is -2.27. The summed E-state index contributed by atoms with van der Waals surface area (Å²) in [6, 6.07) is 9.97. The maximum absolute atomic E-state index is 14.5. The summed E-state index contributed by atoms with van der Waals surface area (Å²) < 4.78 is 0. The van der Waals surface area contributed by atoms with Crippen molar-refractivity contribution in [3.05, 3.63) is 90.1 Å². The van der Waals surface area contributed by atoms with Crippen LogP contribution < -0.4 is 48.3 Å². The van der Waals surface area contributed by atoms with Gasteiger partial charge in [0, 0.05) is 75.0 Å². The number of aromatic nitrogens is 3. The Morgan fingerprint density at radius 2 is 1.42 bits per heavy atom. The average Bonchev–Trinajstić information content (AvgIpc) is 3.94. The minimum atomic E-state index is -1.31. The largest absolute Gasteiger partial charge is 0.370 e. The Labute approximate surface area is 370 Å². The van der Waals surface area contributed by atoms with Crippen LogP contribution in [0.25, 0.3) is 10.9 Å². The Bertz CT molecular complexity index is 2230. The second-order valence-electron chi connectivity index (χ2n) is 15.9. The maximum Gasteiger partial charge on any atom is 0.243 e. The molecular formula is C44H59N13O7. The summed E-state index contributed by atoms with van der Waals surface area (Å²) in [5, 5.41) is 30.7. The normalized spacial score (nSPS) is 22.5. The Balaban J connectivity index is 1.50. The number of aromatic amines is 2. The fourth-order valence-electron chi connectivity index (χ4n) is 7.43. The zero-order valence-corrected chi connectivity index (χ0v) is 36.1. The summed E-state index contributed by atoms with van der Waals surface area (Å²) in [5.74, 6) is -4.52. The van der Waals surface area contributed by atoms with Crippen LogP contribution in [-0.2, 0) is 52.8 Å². The van der Waals surface area contributed by atoms with Crippen molar-refractivity contribution in [1.82, 2.24) is 57.5 Å². The summed E-state index contributed by atoms with van der Waals surface area (Å²) in [7, 11) is 0. The van der Waals surface area contributed by atoms with E-state index in [1.165, 1.54) is 13.3 Å². The Morgan fingerprint density at radius 3 is 2.12 bits per heavy atom. The number of H-pyrrole nitrogens is 2. The van der Waals surface area contributed by atoms with E-state index in [0.717, 1.165) is 16.5 Å². The molecule has 0 unspecified atom stereocenters. The van der Waals surface area contributed by atoms with Crippen molar-refractivity contribution in [3.8, 4) is 0 Å². The van der Waals surface area contributed by atoms with Crippen LogP contribution in [0.15, 0.2) is 73.3 Å². The minimum absolute atomic E-state index is 0.0190. The number of benzene rings is 2. The van der Waals surface area contributed by atoms with Crippen LogP contribution in [0.2, 0.25) is 0 Å². The Kier molecular flexibility index (Phi) is 17.8. The number of carbonyl (C=O) groups excluding carboxylic acids is 7. The highest BCUT2D eigenvalue weighted by atomic mass is 16.2. The molecule has 6 atom stereocenters. The van der Waals surface area contributed by atoms with Gasteiger partial charge in [-0.15, -0.1) is 0 Å². The number of para-hydroxylation sites is 1. The highest BCUT2D eigenvalue weighted by Gasteiger charge is 2.34. The molecular weight excluding hydrogens is 823 g/mol. The van der Waals surface area contributed by atoms with Gasteiger partial charge in [0.05, 0.1) is 12.0 Å². The van der Waals surface area contributed by atoms with Crippen LogP contribution in [0.5, 0.6) is 0 Å². The third kappa shape index (κ3) is 15.0. The molecule has 64 heavy (non-hydrogen) atoms. The van der Waals surface area contributed by atoms with Gasteiger partial charge >= 0.3 is 0 Å². The molecule has 20 nitrogen and oxygen atoms in total. The quantitative estimate of drug-likeness (QED) is 0.0536. The number of hydrogen-bond donors (Lipinski definition) is 12. The Morgan fingerprint density at radius 1 is 0.781 bits per heavy atom. The van der Waals surface area contributed by atoms with Crippen molar-refractivity contribution in [2.24, 2.45) is 5.73 Å². The predicted molar refractivity (Wildman–Crippen MR) is 238 cm³/mol. The summed E-state index contributed by atoms with van der Waals surface area (Å²) in [6.07, 6.45) is 5.78. The van der Waals surface area contributed by atoms with E-state index in [1.807, 2.05) is 31.2 Å². The lowest BCUT2D eigenvalue weighted by molar-refractivity contribution is -0.135. The molecule has 1 aliphatic heterocycles. The number of nitrogens with zero attached hydrogens (tertiary/aromatic N) is 1. The highest BCUT2D eigenvalue weighted by Crippen LogP contribution is 2.20. The number of fused-ring (bicyclic) bond motifs is 1. The number of rotatable bonds is 11. The molecule has 7 amide bonds. The molecule has 0 saturated carbocycles. The predicted octanol–water partition coefficient (Wildman–Crippen LogP) is -0.179. The number of nitrogens with two attached hydrogens (primary N) is 1. The zero-order valence-electron chi connectivity index (χ0n) is 36.1. The molecule has 3 heterocycles. The van der Waals surface area contributed by atoms with Gasteiger partial charge in [-0.2, -0.15) is 0 Å². The first kappa shape index (κ1) is 47.8. The van der Waals surface area contributed by atoms with Crippen LogP contribution in [0.4, 0.5) is 0 Å². The minimum Gasteiger partial charge on any atom is -0.370 e. The second kappa shape index (κ2) is 23.8. The van der Waals surface area contributed by atoms with Gasteiger partial charge < -0.3 is 58.2 Å². The van der Waals surface area contributed by atoms with Gasteiger partial charge in [0.1, 0.15) is 30.2 Å². The van der Waals surface area contributed by atoms with Gasteiger partial charge in [0.25, 0.3) is 0 Å². The molecule has 0 bridgehead atoms. The molecule has 5 rings (SSSR count). The van der Waals surface area contributed by atoms with Gasteiger partial charge in [-0.05, 0) is 56.2 Å². The van der Waals surface area contributed by atoms with Crippen LogP contribution in [0, 0.1) is 5.41 Å². The van der Waals surface area contributed by atoms with E-state index in [2.05, 4.69) is 57.5 Å². The summed E-state index contributed by atoms with van der Waals surface area (Å²) in [4.78, 5) is 106. The average molecular weight is 882 g/mol. The zero-order chi connectivity index (χ0) is 46.0. The van der Waals surface area contributed by atoms with Crippen molar-refractivity contribution >= 4 is 58.2 Å². The van der Waals surface area contributed by atoms with Crippen molar-refractivity contribution in [2.75, 3.05) is 13.1 Å². The second-order valence-corrected chi connectivity index (χ2v) is 15.9. The molecule has 2 aromatic heterocycles. The van der Waals surface area contributed by atoms with Gasteiger partial charge in [-0.3, -0.25) is 39.0 Å². The van der Waals surface area contributed by atoms with E-state index in [-0.39, 0.29) is 75.9 Å². The number of imidazole rings is 1. The van der Waals surface area contributed by atoms with E-state index < -0.39 is 65.7 Å². The van der Waals surface area contributed by atoms with Crippen LogP contribution >= 0.6 is 0 Å². The third-order valence-electron chi connectivity index (χ3n) is 10.7. The third-order valence-corrected chi connectivity index (χ3v) is 10.7. The molecule has 0 radical (unpaired) electrons. The number of guanidine groups is 1. The lowest BCUT2D eigenvalue weighted by Crippen LogP contribution is -2.60. The molecule has 2 aromatic carbocycles. The number of hydrogen-bond acceptors (Lipinski definition) is 9. The van der Waals surface area contributed by atoms with Crippen LogP contribution in [0.1, 0.15) is 69.2 Å². The van der Waals surface area contributed by atoms with E-state index >= 15 is 0 Å². The number of amides is 7. The van der Waals surface area contributed by atoms with Crippen LogP contribution in [-0.4, -0.2) is 112 Å². The highest BCUT2D eigenvalue weighted by molar-refractivity contribution is 5.97. The molecule has 0 spiro atoms. The first-order valence-electron chi connectivity index (χ1n) is 21.5. The summed E-state index contributed by atoms with van der Waals surface area (Å²) in [6.45, 7) is 3.51. The van der Waals surface area contributed by atoms with Crippen molar-refractivity contribution in [3.63, 3.8) is 0 Å². The first-order valence-corrected chi connectivity index (χ1v) is 21.5. The molecule has 0 aliphatic carbocycles. The van der Waals surface area contributed by atoms with Crippen LogP contribution in [0.3, 0.4) is 0 Å². The number of nitrogens with one attached hydrogen (secondary N) is 11. The van der Waals surface area contributed by atoms with E-state index in [0.29, 0.717) is 24.1 Å². The van der Waals surface area contributed by atoms with E-state index in [9.17, 15) is 33.6 Å². The lowest BCUT2D eigenvalue weighted by atomic mass is 10.0. The first-order chi connectivity index (χ1) is 30.7. The van der Waals surface area contributed by atoms with Crippen molar-refractivity contribution in [1.29, 1.82) is 5.41 Å². The molecule has 1 aliphatic rings. The fraction of sp³-hybridized carbons (Fsp3) is 0.432. The fourth-order valence-corrected chi connectivity index (χ4v) is 7.43. The number of carbonyl (C=O) groups is 7. The van der Waals surface area contributed by atoms with E-state index in [4.69, 9.17) is 11.1 Å². The Hall–Kier alpha value is -7.25. The summed E-state index contributed by atoms with van der Waals surface area (Å²) in [5.41, 5.74) is 8.22. The smallest absolute Gasteiger partial charge is 0.243 e. The van der Waals surface area contributed by atoms with Crippen molar-refractivity contribution < 1.29 is 33.6 Å². The topological polar surface area (TPSA) is 310 Å². The monoisotopic (exact) mass is 881 g/mol. The van der Waals surface area contributed by atoms with Gasteiger partial charge in [0.2, 0.25) is 41.4 Å². The molecule has 13 N–H and O–H groups in total. The standard InChI is InChI=1S/C44H59N13O7/c1-26-10-8-18-48-38(59)17-16-34(53-27(2)58)40(61)57-37(22-30-24-47-25-51-30)43(64)55-35(20-28-11-4-3-5-12-28)42(63)54-33(15-9-19-49-44(45)46)39(60)56-36(41(62)52-26)21-29-23-50-32-14-7-6-13-31(29)32/h3-7,11-14,23-26,33-37,50H,8-10,15-22H2,1-2H3,(H,47,51)(H,48,59)(H,52,62)(H,53,58)(H,54,63)(H,55,64)(H,56,60)(H,57,61)(H4,45,46,49)/t26-,33+,34+,35-,36+,37+/m1/s1. The van der Waals surface area contributed by atoms with Gasteiger partial charge in [0.15, 0.2) is 5.96 Å². The molecule has 4 aromatic rings. The maximum atomic E-state index is 14.5. The molecule has 1 fully saturated rings. The van der Waals surface area contributed by atoms with Gasteiger partial charge in [-0.1, -0.05) is 48.5 Å². The van der Waals surface area contributed by atoms with Gasteiger partial charge in [-0.25, -0.2) is 4.98 Å². The summed E-state index contributed by atoms with van der Waals surface area (Å²) >= 11 is 0.